The number of hydrogen-bond acceptors (Lipinski definition) is 3. The third kappa shape index (κ3) is 3.46. The quantitative estimate of drug-likeness (QED) is 0.526. The molecule has 0 bridgehead atoms. The first-order valence-corrected chi connectivity index (χ1v) is 9.24. The summed E-state index contributed by atoms with van der Waals surface area (Å²) in [6.07, 6.45) is 1.49. The van der Waals surface area contributed by atoms with Crippen molar-refractivity contribution >= 4 is 41.2 Å². The van der Waals surface area contributed by atoms with Gasteiger partial charge in [0, 0.05) is 22.1 Å². The fourth-order valence-electron chi connectivity index (χ4n) is 3.23. The maximum Gasteiger partial charge on any atom is 0.335 e. The van der Waals surface area contributed by atoms with Crippen molar-refractivity contribution in [1.29, 1.82) is 0 Å². The molecule has 1 aliphatic rings. The Morgan fingerprint density at radius 3 is 2.24 bits per heavy atom. The van der Waals surface area contributed by atoms with Gasteiger partial charge >= 0.3 is 6.03 Å². The van der Waals surface area contributed by atoms with Gasteiger partial charge in [0.05, 0.1) is 5.69 Å². The first kappa shape index (κ1) is 18.7. The van der Waals surface area contributed by atoms with Gasteiger partial charge in [0.25, 0.3) is 11.8 Å². The van der Waals surface area contributed by atoms with E-state index in [1.165, 1.54) is 6.08 Å². The Bertz CT molecular complexity index is 1150. The highest BCUT2D eigenvalue weighted by molar-refractivity contribution is 6.39. The van der Waals surface area contributed by atoms with Gasteiger partial charge in [-0.15, -0.1) is 0 Å². The lowest BCUT2D eigenvalue weighted by molar-refractivity contribution is -0.122. The van der Waals surface area contributed by atoms with Crippen LogP contribution in [-0.4, -0.2) is 22.4 Å². The zero-order valence-corrected chi connectivity index (χ0v) is 16.2. The molecule has 6 nitrogen and oxygen atoms in total. The lowest BCUT2D eigenvalue weighted by Crippen LogP contribution is -2.54. The van der Waals surface area contributed by atoms with Crippen molar-refractivity contribution in [3.8, 4) is 5.69 Å². The number of carbonyl (C=O) groups excluding carboxylic acids is 3. The van der Waals surface area contributed by atoms with Crippen LogP contribution in [0.5, 0.6) is 0 Å². The smallest absolute Gasteiger partial charge is 0.314 e. The second kappa shape index (κ2) is 7.41. The van der Waals surface area contributed by atoms with Gasteiger partial charge in [-0.25, -0.2) is 9.69 Å². The van der Waals surface area contributed by atoms with Crippen LogP contribution in [-0.2, 0) is 9.59 Å². The van der Waals surface area contributed by atoms with E-state index in [-0.39, 0.29) is 5.57 Å². The van der Waals surface area contributed by atoms with Crippen molar-refractivity contribution in [3.05, 3.63) is 88.7 Å². The molecule has 7 heteroatoms. The molecule has 1 aliphatic heterocycles. The third-order valence-corrected chi connectivity index (χ3v) is 4.85. The topological polar surface area (TPSA) is 71.4 Å². The van der Waals surface area contributed by atoms with Crippen molar-refractivity contribution in [2.45, 2.75) is 6.92 Å². The van der Waals surface area contributed by atoms with Crippen LogP contribution in [0.3, 0.4) is 0 Å². The van der Waals surface area contributed by atoms with Crippen molar-refractivity contribution in [1.82, 2.24) is 9.88 Å². The minimum absolute atomic E-state index is 0.130. The highest BCUT2D eigenvalue weighted by Crippen LogP contribution is 2.25. The molecule has 0 unspecified atom stereocenters. The highest BCUT2D eigenvalue weighted by atomic mass is 35.5. The summed E-state index contributed by atoms with van der Waals surface area (Å²) >= 11 is 5.89. The molecule has 0 spiro atoms. The number of aryl methyl sites for hydroxylation is 1. The third-order valence-electron chi connectivity index (χ3n) is 4.60. The minimum atomic E-state index is -0.797. The molecule has 144 valence electrons. The number of urea groups is 1. The van der Waals surface area contributed by atoms with Crippen molar-refractivity contribution in [2.75, 3.05) is 4.90 Å². The molecule has 0 radical (unpaired) electrons. The number of aromatic nitrogens is 1. The largest absolute Gasteiger partial charge is 0.335 e. The predicted octanol–water partition coefficient (Wildman–Crippen LogP) is 4.11. The van der Waals surface area contributed by atoms with Crippen LogP contribution in [0.1, 0.15) is 11.4 Å². The number of imide groups is 2. The summed E-state index contributed by atoms with van der Waals surface area (Å²) < 4.78 is 1.93. The molecule has 1 saturated heterocycles. The van der Waals surface area contributed by atoms with Gasteiger partial charge in [0.1, 0.15) is 5.57 Å². The normalized spacial score (nSPS) is 15.7. The summed E-state index contributed by atoms with van der Waals surface area (Å²) in [5.74, 6) is -1.43. The summed E-state index contributed by atoms with van der Waals surface area (Å²) in [5.41, 5.74) is 2.69. The van der Waals surface area contributed by atoms with Crippen LogP contribution in [0.2, 0.25) is 5.02 Å². The summed E-state index contributed by atoms with van der Waals surface area (Å²) in [7, 11) is 0. The molecule has 0 saturated carbocycles. The van der Waals surface area contributed by atoms with E-state index in [2.05, 4.69) is 5.32 Å². The lowest BCUT2D eigenvalue weighted by Gasteiger charge is -2.26. The average Bonchev–Trinajstić information content (AvgIpc) is 3.07. The van der Waals surface area contributed by atoms with E-state index in [1.54, 1.807) is 24.3 Å². The zero-order chi connectivity index (χ0) is 20.5. The number of hydrogen-bond donors (Lipinski definition) is 1. The zero-order valence-electron chi connectivity index (χ0n) is 15.4. The fraction of sp³-hybridized carbons (Fsp3) is 0.0455. The van der Waals surface area contributed by atoms with Crippen LogP contribution < -0.4 is 10.2 Å². The van der Waals surface area contributed by atoms with Gasteiger partial charge in [0.15, 0.2) is 0 Å². The number of nitrogens with zero attached hydrogens (tertiary/aromatic N) is 2. The number of para-hydroxylation sites is 1. The summed E-state index contributed by atoms with van der Waals surface area (Å²) in [6.45, 7) is 1.93. The first-order valence-electron chi connectivity index (χ1n) is 8.86. The molecule has 2 heterocycles. The molecule has 0 atom stereocenters. The standard InChI is InChI=1S/C22H16ClN3O3/c1-14-7-10-18(25(14)16-5-3-2-4-6-16)13-19-20(27)24-22(29)26(21(19)28)17-11-8-15(23)9-12-17/h2-13H,1H3,(H,24,27,29)/b19-13+. The second-order valence-electron chi connectivity index (χ2n) is 6.50. The summed E-state index contributed by atoms with van der Waals surface area (Å²) in [4.78, 5) is 38.7. The van der Waals surface area contributed by atoms with E-state index in [1.807, 2.05) is 54.0 Å². The molecular weight excluding hydrogens is 390 g/mol. The first-order chi connectivity index (χ1) is 14.0. The van der Waals surface area contributed by atoms with Gasteiger partial charge in [-0.3, -0.25) is 14.9 Å². The Kier molecular flexibility index (Phi) is 4.78. The Hall–Kier alpha value is -3.64. The molecule has 1 fully saturated rings. The van der Waals surface area contributed by atoms with Crippen LogP contribution >= 0.6 is 11.6 Å². The van der Waals surface area contributed by atoms with Gasteiger partial charge in [-0.1, -0.05) is 29.8 Å². The predicted molar refractivity (Wildman–Crippen MR) is 111 cm³/mol. The fourth-order valence-corrected chi connectivity index (χ4v) is 3.36. The van der Waals surface area contributed by atoms with Crippen molar-refractivity contribution < 1.29 is 14.4 Å². The van der Waals surface area contributed by atoms with Crippen molar-refractivity contribution in [3.63, 3.8) is 0 Å². The average molecular weight is 406 g/mol. The number of barbiturate groups is 1. The van der Waals surface area contributed by atoms with E-state index in [4.69, 9.17) is 11.6 Å². The van der Waals surface area contributed by atoms with E-state index in [9.17, 15) is 14.4 Å². The van der Waals surface area contributed by atoms with E-state index >= 15 is 0 Å². The number of carbonyl (C=O) groups is 3. The molecule has 1 aromatic heterocycles. The van der Waals surface area contributed by atoms with Gasteiger partial charge in [-0.2, -0.15) is 0 Å². The molecule has 4 amide bonds. The molecule has 2 aromatic carbocycles. The second-order valence-corrected chi connectivity index (χ2v) is 6.94. The van der Waals surface area contributed by atoms with Crippen LogP contribution in [0.15, 0.2) is 72.3 Å². The lowest BCUT2D eigenvalue weighted by atomic mass is 10.1. The van der Waals surface area contributed by atoms with Gasteiger partial charge < -0.3 is 4.57 Å². The molecule has 0 aliphatic carbocycles. The molecule has 29 heavy (non-hydrogen) atoms. The number of amides is 4. The number of halogens is 1. The Morgan fingerprint density at radius 2 is 1.55 bits per heavy atom. The van der Waals surface area contributed by atoms with Gasteiger partial charge in [-0.05, 0) is 61.5 Å². The summed E-state index contributed by atoms with van der Waals surface area (Å²) in [5, 5.41) is 2.70. The molecular formula is C22H16ClN3O3. The Morgan fingerprint density at radius 1 is 0.862 bits per heavy atom. The number of nitrogens with one attached hydrogen (secondary N) is 1. The monoisotopic (exact) mass is 405 g/mol. The SMILES string of the molecule is Cc1ccc(/C=C2\C(=O)NC(=O)N(c3ccc(Cl)cc3)C2=O)n1-c1ccccc1. The van der Waals surface area contributed by atoms with Crippen LogP contribution in [0.4, 0.5) is 10.5 Å². The molecule has 1 N–H and O–H groups in total. The van der Waals surface area contributed by atoms with Gasteiger partial charge in [0.2, 0.25) is 0 Å². The van der Waals surface area contributed by atoms with E-state index in [0.717, 1.165) is 16.3 Å². The summed E-state index contributed by atoms with van der Waals surface area (Å²) in [6, 6.07) is 18.7. The maximum absolute atomic E-state index is 13.0. The Labute approximate surface area is 172 Å². The minimum Gasteiger partial charge on any atom is -0.314 e. The van der Waals surface area contributed by atoms with E-state index in [0.29, 0.717) is 16.4 Å². The highest BCUT2D eigenvalue weighted by Gasteiger charge is 2.37. The van der Waals surface area contributed by atoms with Crippen LogP contribution in [0, 0.1) is 6.92 Å². The molecule has 3 aromatic rings. The Balaban J connectivity index is 1.78. The van der Waals surface area contributed by atoms with Crippen LogP contribution in [0.25, 0.3) is 11.8 Å². The maximum atomic E-state index is 13.0. The number of benzene rings is 2. The number of rotatable bonds is 3. The number of anilines is 1. The van der Waals surface area contributed by atoms with E-state index < -0.39 is 17.8 Å². The molecule has 4 rings (SSSR count). The van der Waals surface area contributed by atoms with Crippen molar-refractivity contribution in [2.24, 2.45) is 0 Å².